The molecule has 0 saturated carbocycles. The standard InChI is InChI=1S/C16H18ClF3N4O2/c1-8-5-11(22-23-12(8)26-7-16(18,19)20)9(2)24-6-15(14(17)21)4-3-10(15)13(24)25/h3-5,9-10,21-23H,6-7H2,1-2H3/t9?,10?,15-/m0/s1. The molecular formula is C16H18ClF3N4O2. The molecule has 0 aromatic carbocycles. The van der Waals surface area contributed by atoms with Gasteiger partial charge in [0.05, 0.1) is 23.1 Å². The number of rotatable bonds is 5. The third-order valence-electron chi connectivity index (χ3n) is 4.88. The molecule has 3 rings (SSSR count). The first-order valence-corrected chi connectivity index (χ1v) is 8.31. The van der Waals surface area contributed by atoms with E-state index in [1.807, 2.05) is 0 Å². The molecule has 3 atom stereocenters. The summed E-state index contributed by atoms with van der Waals surface area (Å²) in [6.45, 7) is 2.30. The van der Waals surface area contributed by atoms with E-state index in [1.54, 1.807) is 37.0 Å². The van der Waals surface area contributed by atoms with E-state index in [-0.39, 0.29) is 29.5 Å². The van der Waals surface area contributed by atoms with E-state index in [2.05, 4.69) is 10.9 Å². The maximum atomic E-state index is 12.6. The monoisotopic (exact) mass is 390 g/mol. The first-order valence-electron chi connectivity index (χ1n) is 7.93. The molecule has 2 unspecified atom stereocenters. The minimum atomic E-state index is -4.43. The molecule has 10 heteroatoms. The number of halogens is 4. The van der Waals surface area contributed by atoms with Crippen molar-refractivity contribution in [3.8, 4) is 0 Å². The molecule has 1 fully saturated rings. The van der Waals surface area contributed by atoms with Crippen LogP contribution in [0.5, 0.6) is 0 Å². The second-order valence-electron chi connectivity index (χ2n) is 6.60. The highest BCUT2D eigenvalue weighted by atomic mass is 35.5. The number of alkyl halides is 3. The van der Waals surface area contributed by atoms with Crippen LogP contribution >= 0.6 is 11.6 Å². The van der Waals surface area contributed by atoms with Crippen molar-refractivity contribution in [2.75, 3.05) is 13.2 Å². The maximum absolute atomic E-state index is 12.6. The van der Waals surface area contributed by atoms with Crippen molar-refractivity contribution in [1.29, 1.82) is 5.41 Å². The van der Waals surface area contributed by atoms with Gasteiger partial charge in [-0.05, 0) is 19.9 Å². The molecule has 3 aliphatic rings. The zero-order valence-electron chi connectivity index (χ0n) is 14.1. The molecule has 0 radical (unpaired) electrons. The second kappa shape index (κ2) is 6.22. The highest BCUT2D eigenvalue weighted by Gasteiger charge is 2.57. The van der Waals surface area contributed by atoms with Gasteiger partial charge in [0.1, 0.15) is 5.17 Å². The van der Waals surface area contributed by atoms with Crippen LogP contribution < -0.4 is 10.9 Å². The predicted molar refractivity (Wildman–Crippen MR) is 88.9 cm³/mol. The largest absolute Gasteiger partial charge is 0.468 e. The number of amides is 1. The fraction of sp³-hybridized carbons (Fsp3) is 0.500. The van der Waals surface area contributed by atoms with Crippen LogP contribution in [0.1, 0.15) is 13.8 Å². The Morgan fingerprint density at radius 2 is 2.23 bits per heavy atom. The third kappa shape index (κ3) is 3.04. The zero-order chi connectivity index (χ0) is 19.3. The summed E-state index contributed by atoms with van der Waals surface area (Å²) < 4.78 is 41.6. The lowest BCUT2D eigenvalue weighted by molar-refractivity contribution is -0.166. The van der Waals surface area contributed by atoms with Crippen molar-refractivity contribution in [1.82, 2.24) is 15.8 Å². The molecule has 0 spiro atoms. The highest BCUT2D eigenvalue weighted by molar-refractivity contribution is 6.66. The lowest BCUT2D eigenvalue weighted by Gasteiger charge is -2.34. The van der Waals surface area contributed by atoms with E-state index in [0.29, 0.717) is 11.3 Å². The molecular weight excluding hydrogens is 373 g/mol. The van der Waals surface area contributed by atoms with Crippen LogP contribution in [0.2, 0.25) is 0 Å². The number of ether oxygens (including phenoxy) is 1. The Hall–Kier alpha value is -2.16. The van der Waals surface area contributed by atoms with Crippen molar-refractivity contribution in [2.45, 2.75) is 26.1 Å². The molecule has 0 bridgehead atoms. The summed E-state index contributed by atoms with van der Waals surface area (Å²) in [5, 5.41) is 7.69. The number of allylic oxidation sites excluding steroid dienone is 2. The van der Waals surface area contributed by atoms with Crippen LogP contribution in [-0.2, 0) is 9.53 Å². The number of likely N-dealkylation sites (tertiary alicyclic amines) is 1. The Morgan fingerprint density at radius 3 is 2.69 bits per heavy atom. The molecule has 6 nitrogen and oxygen atoms in total. The number of fused-ring (bicyclic) bond motifs is 1. The van der Waals surface area contributed by atoms with E-state index in [1.165, 1.54) is 0 Å². The van der Waals surface area contributed by atoms with Gasteiger partial charge in [-0.25, -0.2) is 0 Å². The van der Waals surface area contributed by atoms with Crippen LogP contribution in [0.4, 0.5) is 13.2 Å². The minimum absolute atomic E-state index is 0.0215. The summed E-state index contributed by atoms with van der Waals surface area (Å²) in [4.78, 5) is 14.2. The average molecular weight is 391 g/mol. The van der Waals surface area contributed by atoms with Crippen LogP contribution in [0.15, 0.2) is 35.4 Å². The molecule has 0 aromatic rings. The second-order valence-corrected chi connectivity index (χ2v) is 6.98. The SMILES string of the molecule is CC1=C(OCC(F)(F)F)NNC(C(C)N2C[C@@]3(C(=N)Cl)C=CC3C2=O)=C1. The van der Waals surface area contributed by atoms with Crippen molar-refractivity contribution >= 4 is 22.7 Å². The number of hydrogen-bond acceptors (Lipinski definition) is 5. The van der Waals surface area contributed by atoms with Gasteiger partial charge >= 0.3 is 6.18 Å². The molecule has 142 valence electrons. The van der Waals surface area contributed by atoms with E-state index in [0.717, 1.165) is 0 Å². The van der Waals surface area contributed by atoms with Crippen LogP contribution in [0.3, 0.4) is 0 Å². The fourth-order valence-electron chi connectivity index (χ4n) is 3.28. The maximum Gasteiger partial charge on any atom is 0.422 e. The van der Waals surface area contributed by atoms with Gasteiger partial charge in [-0.1, -0.05) is 23.8 Å². The summed E-state index contributed by atoms with van der Waals surface area (Å²) in [5.74, 6) is -0.588. The van der Waals surface area contributed by atoms with E-state index in [4.69, 9.17) is 21.7 Å². The zero-order valence-corrected chi connectivity index (χ0v) is 14.8. The Morgan fingerprint density at radius 1 is 1.54 bits per heavy atom. The summed E-state index contributed by atoms with van der Waals surface area (Å²) in [7, 11) is 0. The van der Waals surface area contributed by atoms with Crippen molar-refractivity contribution < 1.29 is 22.7 Å². The highest BCUT2D eigenvalue weighted by Crippen LogP contribution is 2.49. The summed E-state index contributed by atoms with van der Waals surface area (Å²) >= 11 is 5.90. The van der Waals surface area contributed by atoms with Crippen molar-refractivity contribution in [3.63, 3.8) is 0 Å². The molecule has 1 saturated heterocycles. The van der Waals surface area contributed by atoms with Gasteiger partial charge < -0.3 is 15.1 Å². The Labute approximate surface area is 153 Å². The Kier molecular flexibility index (Phi) is 4.46. The lowest BCUT2D eigenvalue weighted by atomic mass is 9.70. The Balaban J connectivity index is 1.73. The van der Waals surface area contributed by atoms with E-state index >= 15 is 0 Å². The van der Waals surface area contributed by atoms with Gasteiger partial charge in [0.2, 0.25) is 11.8 Å². The molecule has 26 heavy (non-hydrogen) atoms. The van der Waals surface area contributed by atoms with Crippen molar-refractivity contribution in [2.24, 2.45) is 11.3 Å². The van der Waals surface area contributed by atoms with Gasteiger partial charge in [-0.2, -0.15) is 13.2 Å². The average Bonchev–Trinajstić information content (AvgIpc) is 2.71. The lowest BCUT2D eigenvalue weighted by Crippen LogP contribution is -2.46. The fourth-order valence-corrected chi connectivity index (χ4v) is 3.52. The number of hydrazine groups is 1. The Bertz CT molecular complexity index is 746. The van der Waals surface area contributed by atoms with Gasteiger partial charge in [-0.15, -0.1) is 0 Å². The smallest absolute Gasteiger partial charge is 0.422 e. The molecule has 2 heterocycles. The topological polar surface area (TPSA) is 77.5 Å². The van der Waals surface area contributed by atoms with Crippen LogP contribution in [0, 0.1) is 16.7 Å². The molecule has 3 N–H and O–H groups in total. The number of carbonyl (C=O) groups excluding carboxylic acids is 1. The minimum Gasteiger partial charge on any atom is -0.468 e. The van der Waals surface area contributed by atoms with E-state index in [9.17, 15) is 18.0 Å². The van der Waals surface area contributed by atoms with Crippen LogP contribution in [0.25, 0.3) is 0 Å². The molecule has 2 aliphatic heterocycles. The third-order valence-corrected chi connectivity index (χ3v) is 5.23. The summed E-state index contributed by atoms with van der Waals surface area (Å²) in [6, 6.07) is -0.380. The predicted octanol–water partition coefficient (Wildman–Crippen LogP) is 2.41. The van der Waals surface area contributed by atoms with Crippen LogP contribution in [-0.4, -0.2) is 41.3 Å². The summed E-state index contributed by atoms with van der Waals surface area (Å²) in [5.41, 5.74) is 5.70. The van der Waals surface area contributed by atoms with Gasteiger partial charge in [0.25, 0.3) is 0 Å². The number of nitrogens with one attached hydrogen (secondary N) is 3. The number of carbonyl (C=O) groups is 1. The molecule has 0 aromatic heterocycles. The quantitative estimate of drug-likeness (QED) is 0.497. The van der Waals surface area contributed by atoms with Crippen molar-refractivity contribution in [3.05, 3.63) is 35.4 Å². The number of hydrogen-bond donors (Lipinski definition) is 3. The summed E-state index contributed by atoms with van der Waals surface area (Å²) in [6.07, 6.45) is 0.710. The first kappa shape index (κ1) is 18.6. The molecule has 1 aliphatic carbocycles. The van der Waals surface area contributed by atoms with Gasteiger partial charge in [-0.3, -0.25) is 15.6 Å². The normalized spacial score (nSPS) is 28.7. The molecule has 1 amide bonds. The first-order chi connectivity index (χ1) is 12.0. The van der Waals surface area contributed by atoms with E-state index < -0.39 is 24.1 Å². The van der Waals surface area contributed by atoms with Gasteiger partial charge in [0, 0.05) is 12.1 Å². The van der Waals surface area contributed by atoms with Gasteiger partial charge in [0.15, 0.2) is 6.61 Å². The number of nitrogens with zero attached hydrogens (tertiary/aromatic N) is 1.